The van der Waals surface area contributed by atoms with E-state index in [4.69, 9.17) is 9.47 Å². The highest BCUT2D eigenvalue weighted by atomic mass is 16.7. The van der Waals surface area contributed by atoms with Gasteiger partial charge in [-0.15, -0.1) is 0 Å². The van der Waals surface area contributed by atoms with Crippen LogP contribution in [0.1, 0.15) is 168 Å². The summed E-state index contributed by atoms with van der Waals surface area (Å²) < 4.78 is 11.3. The molecule has 0 saturated heterocycles. The van der Waals surface area contributed by atoms with Crippen LogP contribution in [0.2, 0.25) is 0 Å². The molecule has 0 rings (SSSR count). The van der Waals surface area contributed by atoms with Crippen molar-refractivity contribution >= 4 is 0 Å². The van der Waals surface area contributed by atoms with Gasteiger partial charge < -0.3 is 9.47 Å². The SMILES string of the molecule is CCCCCC=CCC=CCCCCCCCCOCOCCCCCCCCC=CCC=CCCCCC. The predicted octanol–water partition coefficient (Wildman–Crippen LogP) is 12.6. The molecule has 0 spiro atoms. The molecule has 0 unspecified atom stereocenters. The maximum Gasteiger partial charge on any atom is 0.146 e. The first-order valence-corrected chi connectivity index (χ1v) is 17.2. The monoisotopic (exact) mass is 545 g/mol. The van der Waals surface area contributed by atoms with Gasteiger partial charge in [0.05, 0.1) is 0 Å². The molecule has 2 nitrogen and oxygen atoms in total. The van der Waals surface area contributed by atoms with E-state index in [9.17, 15) is 0 Å². The van der Waals surface area contributed by atoms with Gasteiger partial charge in [0.25, 0.3) is 0 Å². The Labute approximate surface area is 245 Å². The molecule has 0 fully saturated rings. The van der Waals surface area contributed by atoms with Crippen LogP contribution in [0.15, 0.2) is 48.6 Å². The molecule has 0 atom stereocenters. The summed E-state index contributed by atoms with van der Waals surface area (Å²) in [7, 11) is 0. The average Bonchev–Trinajstić information content (AvgIpc) is 2.95. The van der Waals surface area contributed by atoms with Crippen molar-refractivity contribution in [3.05, 3.63) is 48.6 Å². The van der Waals surface area contributed by atoms with Crippen LogP contribution in [0.4, 0.5) is 0 Å². The van der Waals surface area contributed by atoms with Crippen LogP contribution in [0.5, 0.6) is 0 Å². The van der Waals surface area contributed by atoms with Crippen LogP contribution < -0.4 is 0 Å². The van der Waals surface area contributed by atoms with Gasteiger partial charge in [-0.25, -0.2) is 0 Å². The molecule has 0 aromatic carbocycles. The van der Waals surface area contributed by atoms with E-state index in [0.717, 1.165) is 26.1 Å². The molecule has 0 aromatic rings. The van der Waals surface area contributed by atoms with Gasteiger partial charge in [-0.2, -0.15) is 0 Å². The summed E-state index contributed by atoms with van der Waals surface area (Å²) in [5.41, 5.74) is 0. The summed E-state index contributed by atoms with van der Waals surface area (Å²) in [5, 5.41) is 0. The van der Waals surface area contributed by atoms with E-state index < -0.39 is 0 Å². The maximum absolute atomic E-state index is 5.63. The molecule has 0 aliphatic heterocycles. The zero-order chi connectivity index (χ0) is 28.2. The first-order valence-electron chi connectivity index (χ1n) is 17.2. The number of ether oxygens (including phenoxy) is 2. The van der Waals surface area contributed by atoms with Crippen molar-refractivity contribution in [1.29, 1.82) is 0 Å². The highest BCUT2D eigenvalue weighted by molar-refractivity contribution is 4.93. The fraction of sp³-hybridized carbons (Fsp3) is 0.784. The molecule has 0 aliphatic rings. The second-order valence-corrected chi connectivity index (χ2v) is 11.1. The third-order valence-electron chi connectivity index (χ3n) is 7.15. The highest BCUT2D eigenvalue weighted by Gasteiger charge is 1.94. The molecule has 0 radical (unpaired) electrons. The van der Waals surface area contributed by atoms with Gasteiger partial charge in [-0.1, -0.05) is 140 Å². The second-order valence-electron chi connectivity index (χ2n) is 11.1. The third kappa shape index (κ3) is 36.9. The molecule has 0 aromatic heterocycles. The first-order chi connectivity index (χ1) is 19.4. The van der Waals surface area contributed by atoms with E-state index in [1.807, 2.05) is 0 Å². The van der Waals surface area contributed by atoms with Gasteiger partial charge in [0, 0.05) is 13.2 Å². The fourth-order valence-electron chi connectivity index (χ4n) is 4.56. The van der Waals surface area contributed by atoms with Gasteiger partial charge in [0.15, 0.2) is 0 Å². The summed E-state index contributed by atoms with van der Waals surface area (Å²) in [6.07, 6.45) is 49.5. The largest absolute Gasteiger partial charge is 0.355 e. The van der Waals surface area contributed by atoms with Crippen molar-refractivity contribution in [1.82, 2.24) is 0 Å². The minimum atomic E-state index is 0.473. The zero-order valence-corrected chi connectivity index (χ0v) is 26.5. The van der Waals surface area contributed by atoms with Crippen LogP contribution in [-0.2, 0) is 9.47 Å². The van der Waals surface area contributed by atoms with Crippen LogP contribution in [-0.4, -0.2) is 20.0 Å². The van der Waals surface area contributed by atoms with E-state index in [-0.39, 0.29) is 0 Å². The number of rotatable bonds is 32. The predicted molar refractivity (Wildman–Crippen MR) is 175 cm³/mol. The van der Waals surface area contributed by atoms with Gasteiger partial charge in [-0.05, 0) is 77.0 Å². The Morgan fingerprint density at radius 1 is 0.333 bits per heavy atom. The highest BCUT2D eigenvalue weighted by Crippen LogP contribution is 2.10. The lowest BCUT2D eigenvalue weighted by Crippen LogP contribution is -2.03. The maximum atomic E-state index is 5.63. The van der Waals surface area contributed by atoms with E-state index >= 15 is 0 Å². The number of unbranched alkanes of at least 4 members (excludes halogenated alkanes) is 18. The third-order valence-corrected chi connectivity index (χ3v) is 7.15. The van der Waals surface area contributed by atoms with Crippen LogP contribution in [0.25, 0.3) is 0 Å². The smallest absolute Gasteiger partial charge is 0.146 e. The van der Waals surface area contributed by atoms with Crippen LogP contribution >= 0.6 is 0 Å². The molecule has 39 heavy (non-hydrogen) atoms. The van der Waals surface area contributed by atoms with E-state index in [1.165, 1.54) is 141 Å². The number of hydrogen-bond donors (Lipinski definition) is 0. The molecule has 0 bridgehead atoms. The Balaban J connectivity index is 3.15. The molecular formula is C37H68O2. The lowest BCUT2D eigenvalue weighted by Gasteiger charge is -2.06. The van der Waals surface area contributed by atoms with Crippen molar-refractivity contribution in [2.75, 3.05) is 20.0 Å². The number of allylic oxidation sites excluding steroid dienone is 8. The molecule has 0 aliphatic carbocycles. The van der Waals surface area contributed by atoms with Gasteiger partial charge >= 0.3 is 0 Å². The summed E-state index contributed by atoms with van der Waals surface area (Å²) in [5.74, 6) is 0. The van der Waals surface area contributed by atoms with Crippen molar-refractivity contribution in [3.8, 4) is 0 Å². The average molecular weight is 545 g/mol. The fourth-order valence-corrected chi connectivity index (χ4v) is 4.56. The minimum Gasteiger partial charge on any atom is -0.355 e. The molecule has 0 heterocycles. The van der Waals surface area contributed by atoms with Crippen molar-refractivity contribution < 1.29 is 9.47 Å². The van der Waals surface area contributed by atoms with E-state index in [0.29, 0.717) is 6.79 Å². The molecule has 0 saturated carbocycles. The Morgan fingerprint density at radius 3 is 1.00 bits per heavy atom. The molecule has 0 amide bonds. The van der Waals surface area contributed by atoms with Crippen molar-refractivity contribution in [3.63, 3.8) is 0 Å². The summed E-state index contributed by atoms with van der Waals surface area (Å²) in [6.45, 7) is 6.69. The van der Waals surface area contributed by atoms with Gasteiger partial charge in [0.2, 0.25) is 0 Å². The Bertz CT molecular complexity index is 498. The second kappa shape index (κ2) is 36.9. The minimum absolute atomic E-state index is 0.473. The van der Waals surface area contributed by atoms with E-state index in [1.54, 1.807) is 0 Å². The molecule has 0 N–H and O–H groups in total. The normalized spacial score (nSPS) is 12.4. The lowest BCUT2D eigenvalue weighted by atomic mass is 10.1. The van der Waals surface area contributed by atoms with Gasteiger partial charge in [-0.3, -0.25) is 0 Å². The quantitative estimate of drug-likeness (QED) is 0.0476. The molecule has 228 valence electrons. The Morgan fingerprint density at radius 2 is 0.641 bits per heavy atom. The topological polar surface area (TPSA) is 18.5 Å². The van der Waals surface area contributed by atoms with E-state index in [2.05, 4.69) is 62.5 Å². The van der Waals surface area contributed by atoms with Crippen LogP contribution in [0, 0.1) is 0 Å². The molecular weight excluding hydrogens is 476 g/mol. The number of hydrogen-bond acceptors (Lipinski definition) is 2. The summed E-state index contributed by atoms with van der Waals surface area (Å²) in [6, 6.07) is 0. The molecule has 2 heteroatoms. The zero-order valence-electron chi connectivity index (χ0n) is 26.5. The van der Waals surface area contributed by atoms with Crippen LogP contribution in [0.3, 0.4) is 0 Å². The van der Waals surface area contributed by atoms with Crippen molar-refractivity contribution in [2.24, 2.45) is 0 Å². The summed E-state index contributed by atoms with van der Waals surface area (Å²) in [4.78, 5) is 0. The standard InChI is InChI=1S/C37H68O2/c1-3-5-7-9-11-13-15-17-19-21-23-25-27-29-31-33-35-38-37-39-36-34-32-30-28-26-24-22-20-18-16-14-12-10-8-6-4-2/h11-14,17-20H,3-10,15-16,21-37H2,1-2H3. The lowest BCUT2D eigenvalue weighted by molar-refractivity contribution is -0.0556. The summed E-state index contributed by atoms with van der Waals surface area (Å²) >= 11 is 0. The first kappa shape index (κ1) is 37.9. The Hall–Kier alpha value is -1.12. The van der Waals surface area contributed by atoms with Crippen molar-refractivity contribution in [2.45, 2.75) is 168 Å². The Kier molecular flexibility index (Phi) is 35.8. The van der Waals surface area contributed by atoms with Gasteiger partial charge in [0.1, 0.15) is 6.79 Å².